The highest BCUT2D eigenvalue weighted by Gasteiger charge is 2.40. The lowest BCUT2D eigenvalue weighted by Gasteiger charge is -2.23. The number of hydrogen-bond donors (Lipinski definition) is 0. The molecule has 3 heterocycles. The fourth-order valence-electron chi connectivity index (χ4n) is 13.1. The zero-order chi connectivity index (χ0) is 59.3. The summed E-state index contributed by atoms with van der Waals surface area (Å²) >= 11 is 0. The Morgan fingerprint density at radius 1 is 0.279 bits per heavy atom. The van der Waals surface area contributed by atoms with Crippen LogP contribution >= 0.6 is 0 Å². The minimum atomic E-state index is -4.92. The molecule has 0 N–H and O–H groups in total. The normalized spacial score (nSPS) is 11.9. The van der Waals surface area contributed by atoms with Crippen LogP contribution in [-0.2, 0) is 6.18 Å². The van der Waals surface area contributed by atoms with E-state index in [0.29, 0.717) is 39.3 Å². The molecule has 8 heteroatoms. The van der Waals surface area contributed by atoms with Crippen LogP contribution < -0.4 is 0 Å². The number of aryl methyl sites for hydroxylation is 8. The molecule has 14 rings (SSSR count). The van der Waals surface area contributed by atoms with Crippen LogP contribution in [0.4, 0.5) is 13.2 Å². The second kappa shape index (κ2) is 20.9. The minimum absolute atomic E-state index is 0.0692. The molecule has 11 aromatic carbocycles. The van der Waals surface area contributed by atoms with Gasteiger partial charge in [0.05, 0.1) is 33.4 Å². The molecule has 0 atom stereocenters. The summed E-state index contributed by atoms with van der Waals surface area (Å²) in [7, 11) is 0. The van der Waals surface area contributed by atoms with E-state index in [4.69, 9.17) is 15.0 Å². The molecule has 0 spiro atoms. The first kappa shape index (κ1) is 53.8. The van der Waals surface area contributed by atoms with Gasteiger partial charge in [0.1, 0.15) is 5.56 Å². The molecule has 5 nitrogen and oxygen atoms in total. The summed E-state index contributed by atoms with van der Waals surface area (Å²) in [6.07, 6.45) is -4.92. The van der Waals surface area contributed by atoms with Gasteiger partial charge in [0, 0.05) is 38.2 Å². The Morgan fingerprint density at radius 2 is 0.558 bits per heavy atom. The molecule has 0 bridgehead atoms. The Kier molecular flexibility index (Phi) is 13.0. The van der Waals surface area contributed by atoms with Crippen molar-refractivity contribution in [3.63, 3.8) is 0 Å². The van der Waals surface area contributed by atoms with Gasteiger partial charge in [-0.25, -0.2) is 15.0 Å². The smallest absolute Gasteiger partial charge is 0.309 e. The van der Waals surface area contributed by atoms with Crippen LogP contribution in [0, 0.1) is 55.4 Å². The zero-order valence-corrected chi connectivity index (χ0v) is 49.2. The van der Waals surface area contributed by atoms with Gasteiger partial charge in [0.2, 0.25) is 0 Å². The Balaban J connectivity index is 1.13. The van der Waals surface area contributed by atoms with Crippen molar-refractivity contribution in [1.82, 2.24) is 24.1 Å². The summed E-state index contributed by atoms with van der Waals surface area (Å²) in [4.78, 5) is 15.4. The quantitative estimate of drug-likeness (QED) is 0.145. The van der Waals surface area contributed by atoms with Crippen LogP contribution in [0.15, 0.2) is 218 Å². The third-order valence-corrected chi connectivity index (χ3v) is 17.1. The van der Waals surface area contributed by atoms with Crippen LogP contribution in [0.5, 0.6) is 0 Å². The molecule has 0 saturated heterocycles. The maximum atomic E-state index is 17.6. The van der Waals surface area contributed by atoms with Crippen LogP contribution in [0.1, 0.15) is 50.1 Å². The van der Waals surface area contributed by atoms with Crippen molar-refractivity contribution < 1.29 is 13.2 Å². The van der Waals surface area contributed by atoms with Crippen molar-refractivity contribution in [3.05, 3.63) is 268 Å². The summed E-state index contributed by atoms with van der Waals surface area (Å²) in [5.74, 6) is 1.00. The maximum Gasteiger partial charge on any atom is 0.420 e. The number of hydrogen-bond acceptors (Lipinski definition) is 3. The SMILES string of the molecule is Cc1ccc(-c2ccc3c(c2)c2cc(-c4ccc(C)cc4C)ccc2n3-c2cc(-c3nc(-c4ccccc4)nc(-c4ccccc4)n3)cc(-n3c4ccc(-c5ccc(C)cc5C)cc4c4cc(-c5ccc(C)cc5C)ccc43)c2C(F)(F)F)c(C)c1. The van der Waals surface area contributed by atoms with E-state index in [-0.39, 0.29) is 17.2 Å². The second-order valence-electron chi connectivity index (χ2n) is 23.3. The molecule has 0 saturated carbocycles. The number of fused-ring (bicyclic) bond motifs is 6. The van der Waals surface area contributed by atoms with E-state index >= 15 is 13.2 Å². The molecule has 3 aromatic heterocycles. The first-order valence-corrected chi connectivity index (χ1v) is 29.1. The molecule has 0 aliphatic heterocycles. The molecule has 0 unspecified atom stereocenters. The molecular weight excluding hydrogens is 1060 g/mol. The Hall–Kier alpha value is -10.2. The average molecular weight is 1120 g/mol. The van der Waals surface area contributed by atoms with E-state index in [2.05, 4.69) is 152 Å². The van der Waals surface area contributed by atoms with Crippen molar-refractivity contribution in [3.8, 4) is 90.0 Å². The van der Waals surface area contributed by atoms with Crippen molar-refractivity contribution >= 4 is 43.6 Å². The molecule has 14 aromatic rings. The summed E-state index contributed by atoms with van der Waals surface area (Å²) < 4.78 is 56.4. The maximum absolute atomic E-state index is 17.6. The highest BCUT2D eigenvalue weighted by Crippen LogP contribution is 2.48. The van der Waals surface area contributed by atoms with Gasteiger partial charge in [-0.15, -0.1) is 0 Å². The third kappa shape index (κ3) is 9.42. The van der Waals surface area contributed by atoms with E-state index in [1.807, 2.05) is 118 Å². The highest BCUT2D eigenvalue weighted by atomic mass is 19.4. The Labute approximate surface area is 498 Å². The van der Waals surface area contributed by atoms with Gasteiger partial charge >= 0.3 is 6.18 Å². The standard InChI is InChI=1S/C78H60F3N5/c1-45-19-27-60(49(5)35-45)55-23-31-68-64(39-55)65-40-56(61-28-20-46(2)36-50(61)6)24-32-69(65)85(68)72-43-59(77-83-75(53-15-11-9-12-16-53)82-76(84-77)54-17-13-10-14-18-54)44-73(74(72)78(79,80)81)86-70-33-25-57(62-29-21-47(3)37-51(62)7)41-66(70)67-42-58(26-34-71(67)86)63-30-22-48(4)38-52(63)8/h9-44H,1-8H3. The zero-order valence-electron chi connectivity index (χ0n) is 49.2. The number of halogens is 3. The van der Waals surface area contributed by atoms with Crippen LogP contribution in [0.25, 0.3) is 134 Å². The Morgan fingerprint density at radius 3 is 0.826 bits per heavy atom. The number of benzene rings is 11. The fourth-order valence-corrected chi connectivity index (χ4v) is 13.1. The molecule has 0 fully saturated rings. The molecule has 0 aliphatic carbocycles. The van der Waals surface area contributed by atoms with Crippen LogP contribution in [0.3, 0.4) is 0 Å². The molecule has 0 radical (unpaired) electrons. The van der Waals surface area contributed by atoms with E-state index in [0.717, 1.165) is 122 Å². The third-order valence-electron chi connectivity index (χ3n) is 17.1. The van der Waals surface area contributed by atoms with Crippen LogP contribution in [0.2, 0.25) is 0 Å². The predicted molar refractivity (Wildman–Crippen MR) is 349 cm³/mol. The first-order chi connectivity index (χ1) is 41.5. The van der Waals surface area contributed by atoms with Gasteiger partial charge in [-0.3, -0.25) is 0 Å². The van der Waals surface area contributed by atoms with Crippen molar-refractivity contribution in [2.45, 2.75) is 61.6 Å². The van der Waals surface area contributed by atoms with Crippen molar-refractivity contribution in [2.75, 3.05) is 0 Å². The molecular formula is C78H60F3N5. The van der Waals surface area contributed by atoms with E-state index in [1.54, 1.807) is 12.1 Å². The predicted octanol–water partition coefficient (Wildman–Crippen LogP) is 21.2. The summed E-state index contributed by atoms with van der Waals surface area (Å²) in [5, 5.41) is 3.27. The molecule has 86 heavy (non-hydrogen) atoms. The first-order valence-electron chi connectivity index (χ1n) is 29.1. The fraction of sp³-hybridized carbons (Fsp3) is 0.115. The van der Waals surface area contributed by atoms with Gasteiger partial charge < -0.3 is 9.13 Å². The van der Waals surface area contributed by atoms with Gasteiger partial charge in [0.15, 0.2) is 17.5 Å². The van der Waals surface area contributed by atoms with Gasteiger partial charge in [-0.1, -0.05) is 180 Å². The van der Waals surface area contributed by atoms with Gasteiger partial charge in [0.25, 0.3) is 0 Å². The Bertz CT molecular complexity index is 4550. The number of rotatable bonds is 9. The summed E-state index contributed by atoms with van der Waals surface area (Å²) in [6, 6.07) is 72.9. The lowest BCUT2D eigenvalue weighted by atomic mass is 9.95. The van der Waals surface area contributed by atoms with E-state index in [1.165, 1.54) is 0 Å². The van der Waals surface area contributed by atoms with Crippen molar-refractivity contribution in [2.24, 2.45) is 0 Å². The lowest BCUT2D eigenvalue weighted by Crippen LogP contribution is -2.16. The molecule has 0 amide bonds. The number of aromatic nitrogens is 5. The lowest BCUT2D eigenvalue weighted by molar-refractivity contribution is -0.137. The average Bonchev–Trinajstić information content (AvgIpc) is 1.88. The minimum Gasteiger partial charge on any atom is -0.309 e. The van der Waals surface area contributed by atoms with Gasteiger partial charge in [-0.05, 0) is 183 Å². The topological polar surface area (TPSA) is 48.5 Å². The number of alkyl halides is 3. The van der Waals surface area contributed by atoms with Crippen molar-refractivity contribution in [1.29, 1.82) is 0 Å². The monoisotopic (exact) mass is 1120 g/mol. The van der Waals surface area contributed by atoms with E-state index < -0.39 is 11.7 Å². The highest BCUT2D eigenvalue weighted by molar-refractivity contribution is 6.14. The summed E-state index contributed by atoms with van der Waals surface area (Å²) in [6.45, 7) is 16.7. The largest absolute Gasteiger partial charge is 0.420 e. The molecule has 418 valence electrons. The van der Waals surface area contributed by atoms with Crippen LogP contribution in [-0.4, -0.2) is 24.1 Å². The van der Waals surface area contributed by atoms with Gasteiger partial charge in [-0.2, -0.15) is 13.2 Å². The summed E-state index contributed by atoms with van der Waals surface area (Å²) in [5.41, 5.74) is 20.5. The molecule has 0 aliphatic rings. The van der Waals surface area contributed by atoms with E-state index in [9.17, 15) is 0 Å². The number of nitrogens with zero attached hydrogens (tertiary/aromatic N) is 5. The second-order valence-corrected chi connectivity index (χ2v) is 23.3.